The minimum atomic E-state index is -0.352. The van der Waals surface area contributed by atoms with Gasteiger partial charge >= 0.3 is 0 Å². The first kappa shape index (κ1) is 4.30. The quantitative estimate of drug-likeness (QED) is 0.467. The first-order valence-corrected chi connectivity index (χ1v) is 1.80. The molecule has 0 aromatic carbocycles. The Bertz CT molecular complexity index is 142. The number of hydrogen-bond acceptors (Lipinski definition) is 1. The van der Waals surface area contributed by atoms with E-state index in [1.807, 2.05) is 0 Å². The molecule has 0 atom stereocenters. The molecule has 1 rings (SSSR count). The average molecular weight is 99.1 g/mol. The standard InChI is InChI=1S/C4H4FN2/c1-7-3-4(5)2-6-7/h2-3H,1H2. The van der Waals surface area contributed by atoms with Crippen molar-refractivity contribution in [3.8, 4) is 0 Å². The molecule has 37 valence electrons. The van der Waals surface area contributed by atoms with Crippen LogP contribution in [0.25, 0.3) is 0 Å². The lowest BCUT2D eigenvalue weighted by atomic mass is 10.7. The van der Waals surface area contributed by atoms with Gasteiger partial charge in [-0.2, -0.15) is 5.10 Å². The smallest absolute Gasteiger partial charge is 0.161 e. The summed E-state index contributed by atoms with van der Waals surface area (Å²) in [5.41, 5.74) is 0. The summed E-state index contributed by atoms with van der Waals surface area (Å²) in [6, 6.07) is 0. The third-order valence-electron chi connectivity index (χ3n) is 0.602. The molecule has 3 heteroatoms. The van der Waals surface area contributed by atoms with Gasteiger partial charge in [0, 0.05) is 0 Å². The molecule has 1 heterocycles. The fraction of sp³-hybridized carbons (Fsp3) is 0. The van der Waals surface area contributed by atoms with Crippen molar-refractivity contribution in [2.75, 3.05) is 0 Å². The van der Waals surface area contributed by atoms with Crippen LogP contribution >= 0.6 is 0 Å². The van der Waals surface area contributed by atoms with E-state index in [2.05, 4.69) is 12.1 Å². The van der Waals surface area contributed by atoms with E-state index in [1.54, 1.807) is 0 Å². The van der Waals surface area contributed by atoms with Crippen LogP contribution in [0.4, 0.5) is 4.39 Å². The van der Waals surface area contributed by atoms with Crippen molar-refractivity contribution in [1.82, 2.24) is 9.78 Å². The average Bonchev–Trinajstić information content (AvgIpc) is 1.87. The summed E-state index contributed by atoms with van der Waals surface area (Å²) in [6.07, 6.45) is 2.30. The Kier molecular flexibility index (Phi) is 0.817. The van der Waals surface area contributed by atoms with Crippen LogP contribution in [0.15, 0.2) is 12.4 Å². The minimum absolute atomic E-state index is 0.352. The van der Waals surface area contributed by atoms with Crippen LogP contribution in [0.2, 0.25) is 0 Å². The predicted molar refractivity (Wildman–Crippen MR) is 22.9 cm³/mol. The van der Waals surface area contributed by atoms with Crippen LogP contribution in [0.1, 0.15) is 0 Å². The number of hydrogen-bond donors (Lipinski definition) is 0. The van der Waals surface area contributed by atoms with E-state index in [1.165, 1.54) is 6.20 Å². The fourth-order valence-electron chi connectivity index (χ4n) is 0.338. The lowest BCUT2D eigenvalue weighted by Crippen LogP contribution is -1.80. The molecule has 0 spiro atoms. The predicted octanol–water partition coefficient (Wildman–Crippen LogP) is 0.662. The highest BCUT2D eigenvalue weighted by molar-refractivity contribution is 4.83. The largest absolute Gasteiger partial charge is 0.268 e. The molecule has 2 nitrogen and oxygen atoms in total. The summed E-state index contributed by atoms with van der Waals surface area (Å²) in [6.45, 7) is 0. The second-order valence-electron chi connectivity index (χ2n) is 1.20. The van der Waals surface area contributed by atoms with Crippen LogP contribution in [-0.2, 0) is 0 Å². The molecular weight excluding hydrogens is 95.1 g/mol. The zero-order chi connectivity index (χ0) is 5.28. The zero-order valence-electron chi connectivity index (χ0n) is 3.63. The number of rotatable bonds is 0. The van der Waals surface area contributed by atoms with E-state index in [-0.39, 0.29) is 5.82 Å². The first-order chi connectivity index (χ1) is 3.29. The van der Waals surface area contributed by atoms with Crippen LogP contribution < -0.4 is 0 Å². The molecule has 0 bridgehead atoms. The van der Waals surface area contributed by atoms with E-state index in [9.17, 15) is 4.39 Å². The maximum Gasteiger partial charge on any atom is 0.161 e. The van der Waals surface area contributed by atoms with Gasteiger partial charge < -0.3 is 0 Å². The summed E-state index contributed by atoms with van der Waals surface area (Å²) in [7, 11) is 3.31. The minimum Gasteiger partial charge on any atom is -0.268 e. The van der Waals surface area contributed by atoms with Gasteiger partial charge in [-0.05, 0) is 0 Å². The van der Waals surface area contributed by atoms with E-state index < -0.39 is 0 Å². The Morgan fingerprint density at radius 2 is 2.57 bits per heavy atom. The van der Waals surface area contributed by atoms with E-state index in [0.717, 1.165) is 10.9 Å². The number of aromatic nitrogens is 2. The van der Waals surface area contributed by atoms with Crippen molar-refractivity contribution in [1.29, 1.82) is 0 Å². The highest BCUT2D eigenvalue weighted by Gasteiger charge is 1.86. The molecule has 0 unspecified atom stereocenters. The molecule has 0 aliphatic carbocycles. The molecule has 0 saturated heterocycles. The van der Waals surface area contributed by atoms with Crippen LogP contribution in [0, 0.1) is 12.9 Å². The summed E-state index contributed by atoms with van der Waals surface area (Å²) in [5.74, 6) is -0.352. The second kappa shape index (κ2) is 1.33. The maximum absolute atomic E-state index is 11.8. The van der Waals surface area contributed by atoms with Gasteiger partial charge in [-0.1, -0.05) is 0 Å². The summed E-state index contributed by atoms with van der Waals surface area (Å²) in [5, 5.41) is 3.45. The molecule has 1 aromatic rings. The number of halogens is 1. The Labute approximate surface area is 40.6 Å². The molecule has 1 aromatic heterocycles. The lowest BCUT2D eigenvalue weighted by molar-refractivity contribution is 0.627. The molecule has 1 radical (unpaired) electrons. The molecular formula is C4H4FN2. The number of nitrogens with zero attached hydrogens (tertiary/aromatic N) is 2. The van der Waals surface area contributed by atoms with Gasteiger partial charge in [0.15, 0.2) is 5.82 Å². The third kappa shape index (κ3) is 0.765. The van der Waals surface area contributed by atoms with E-state index >= 15 is 0 Å². The van der Waals surface area contributed by atoms with Crippen molar-refractivity contribution in [3.63, 3.8) is 0 Å². The van der Waals surface area contributed by atoms with E-state index in [4.69, 9.17) is 0 Å². The highest BCUT2D eigenvalue weighted by Crippen LogP contribution is 1.89. The van der Waals surface area contributed by atoms with Gasteiger partial charge in [0.1, 0.15) is 0 Å². The fourth-order valence-corrected chi connectivity index (χ4v) is 0.338. The van der Waals surface area contributed by atoms with Gasteiger partial charge in [0.05, 0.1) is 19.4 Å². The van der Waals surface area contributed by atoms with E-state index in [0.29, 0.717) is 0 Å². The lowest BCUT2D eigenvalue weighted by Gasteiger charge is -1.76. The SMILES string of the molecule is [CH2]n1cc(F)cn1. The zero-order valence-corrected chi connectivity index (χ0v) is 3.63. The Morgan fingerprint density at radius 1 is 1.86 bits per heavy atom. The molecule has 7 heavy (non-hydrogen) atoms. The maximum atomic E-state index is 11.8. The van der Waals surface area contributed by atoms with Gasteiger partial charge in [-0.15, -0.1) is 0 Å². The second-order valence-corrected chi connectivity index (χ2v) is 1.20. The normalized spacial score (nSPS) is 9.43. The Morgan fingerprint density at radius 3 is 2.71 bits per heavy atom. The van der Waals surface area contributed by atoms with Crippen LogP contribution in [-0.4, -0.2) is 9.78 Å². The molecule has 0 saturated carbocycles. The van der Waals surface area contributed by atoms with Crippen molar-refractivity contribution >= 4 is 0 Å². The summed E-state index contributed by atoms with van der Waals surface area (Å²) < 4.78 is 13.0. The van der Waals surface area contributed by atoms with Crippen molar-refractivity contribution in [2.24, 2.45) is 0 Å². The summed E-state index contributed by atoms with van der Waals surface area (Å²) in [4.78, 5) is 0. The molecule has 0 aliphatic heterocycles. The molecule has 0 N–H and O–H groups in total. The van der Waals surface area contributed by atoms with Gasteiger partial charge in [0.2, 0.25) is 0 Å². The van der Waals surface area contributed by atoms with Crippen LogP contribution in [0.5, 0.6) is 0 Å². The molecule has 0 amide bonds. The van der Waals surface area contributed by atoms with Crippen LogP contribution in [0.3, 0.4) is 0 Å². The molecule has 0 fully saturated rings. The van der Waals surface area contributed by atoms with Gasteiger partial charge in [0.25, 0.3) is 0 Å². The van der Waals surface area contributed by atoms with Crippen molar-refractivity contribution < 1.29 is 4.39 Å². The monoisotopic (exact) mass is 99.0 g/mol. The van der Waals surface area contributed by atoms with Gasteiger partial charge in [-0.3, -0.25) is 4.68 Å². The molecule has 0 aliphatic rings. The summed E-state index contributed by atoms with van der Waals surface area (Å²) >= 11 is 0. The van der Waals surface area contributed by atoms with Gasteiger partial charge in [-0.25, -0.2) is 4.39 Å². The Balaban J connectivity index is 3.04. The first-order valence-electron chi connectivity index (χ1n) is 1.80. The third-order valence-corrected chi connectivity index (χ3v) is 0.602. The van der Waals surface area contributed by atoms with Crippen molar-refractivity contribution in [3.05, 3.63) is 25.3 Å². The van der Waals surface area contributed by atoms with Crippen molar-refractivity contribution in [2.45, 2.75) is 0 Å². The Hall–Kier alpha value is -0.860. The highest BCUT2D eigenvalue weighted by atomic mass is 19.1. The topological polar surface area (TPSA) is 17.8 Å².